The van der Waals surface area contributed by atoms with Crippen molar-refractivity contribution >= 4 is 5.91 Å². The van der Waals surface area contributed by atoms with Crippen LogP contribution in [0.5, 0.6) is 0 Å². The lowest BCUT2D eigenvalue weighted by Crippen LogP contribution is -2.52. The summed E-state index contributed by atoms with van der Waals surface area (Å²) in [6.07, 6.45) is -3.60. The molecule has 1 saturated heterocycles. The van der Waals surface area contributed by atoms with E-state index in [-0.39, 0.29) is 42.4 Å². The van der Waals surface area contributed by atoms with Gasteiger partial charge in [0.25, 0.3) is 5.56 Å². The summed E-state index contributed by atoms with van der Waals surface area (Å²) >= 11 is 0. The number of carbonyl (C=O) groups is 1. The largest absolute Gasteiger partial charge is 0.416 e. The zero-order valence-corrected chi connectivity index (χ0v) is 15.6. The first-order chi connectivity index (χ1) is 13.8. The quantitative estimate of drug-likeness (QED) is 0.853. The van der Waals surface area contributed by atoms with E-state index in [9.17, 15) is 27.9 Å². The summed E-state index contributed by atoms with van der Waals surface area (Å²) in [7, 11) is 0. The van der Waals surface area contributed by atoms with Crippen molar-refractivity contribution in [2.24, 2.45) is 5.92 Å². The van der Waals surface area contributed by atoms with E-state index < -0.39 is 11.7 Å². The third kappa shape index (κ3) is 3.69. The normalized spacial score (nSPS) is 23.6. The van der Waals surface area contributed by atoms with Gasteiger partial charge in [0.1, 0.15) is 0 Å². The SMILES string of the molecule is O=C(Cc1ccc(C(F)(F)F)cc1)N1C[C@H]2C[C@@H](C1)[C@H](CO)n1c2cccc1=O. The Morgan fingerprint density at radius 2 is 1.83 bits per heavy atom. The molecule has 3 atom stereocenters. The summed E-state index contributed by atoms with van der Waals surface area (Å²) in [6, 6.07) is 9.27. The Bertz CT molecular complexity index is 968. The number of benzene rings is 1. The van der Waals surface area contributed by atoms with Gasteiger partial charge in [-0.1, -0.05) is 18.2 Å². The molecule has 0 unspecified atom stereocenters. The minimum Gasteiger partial charge on any atom is -0.394 e. The summed E-state index contributed by atoms with van der Waals surface area (Å²) in [5.41, 5.74) is 0.448. The van der Waals surface area contributed by atoms with Gasteiger partial charge in [0, 0.05) is 36.7 Å². The molecule has 1 aromatic carbocycles. The Labute approximate surface area is 165 Å². The Balaban J connectivity index is 1.53. The highest BCUT2D eigenvalue weighted by Gasteiger charge is 2.41. The number of hydrogen-bond donors (Lipinski definition) is 1. The lowest BCUT2D eigenvalue weighted by Gasteiger charge is -2.46. The van der Waals surface area contributed by atoms with E-state index in [1.165, 1.54) is 18.2 Å². The zero-order valence-electron chi connectivity index (χ0n) is 15.6. The topological polar surface area (TPSA) is 62.5 Å². The smallest absolute Gasteiger partial charge is 0.394 e. The fraction of sp³-hybridized carbons (Fsp3) is 0.429. The maximum Gasteiger partial charge on any atom is 0.416 e. The molecular formula is C21H21F3N2O3. The van der Waals surface area contributed by atoms with E-state index >= 15 is 0 Å². The Morgan fingerprint density at radius 1 is 1.10 bits per heavy atom. The second-order valence-electron chi connectivity index (χ2n) is 7.77. The Hall–Kier alpha value is -2.61. The number of pyridine rings is 1. The van der Waals surface area contributed by atoms with Crippen LogP contribution in [0, 0.1) is 5.92 Å². The molecule has 5 nitrogen and oxygen atoms in total. The fourth-order valence-corrected chi connectivity index (χ4v) is 4.58. The molecule has 4 rings (SSSR count). The summed E-state index contributed by atoms with van der Waals surface area (Å²) in [5, 5.41) is 9.87. The third-order valence-corrected chi connectivity index (χ3v) is 5.97. The minimum atomic E-state index is -4.41. The average molecular weight is 406 g/mol. The third-order valence-electron chi connectivity index (χ3n) is 5.97. The molecule has 2 aliphatic rings. The van der Waals surface area contributed by atoms with Crippen molar-refractivity contribution in [3.8, 4) is 0 Å². The van der Waals surface area contributed by atoms with Crippen molar-refractivity contribution in [3.63, 3.8) is 0 Å². The number of piperidine rings is 1. The van der Waals surface area contributed by atoms with Crippen LogP contribution in [0.25, 0.3) is 0 Å². The van der Waals surface area contributed by atoms with Crippen molar-refractivity contribution in [1.82, 2.24) is 9.47 Å². The first-order valence-corrected chi connectivity index (χ1v) is 9.54. The van der Waals surface area contributed by atoms with Crippen molar-refractivity contribution in [3.05, 3.63) is 69.6 Å². The highest BCUT2D eigenvalue weighted by atomic mass is 19.4. The van der Waals surface area contributed by atoms with Gasteiger partial charge < -0.3 is 14.6 Å². The second-order valence-corrected chi connectivity index (χ2v) is 7.77. The number of alkyl halides is 3. The van der Waals surface area contributed by atoms with Gasteiger partial charge in [-0.2, -0.15) is 13.2 Å². The predicted octanol–water partition coefficient (Wildman–Crippen LogP) is 2.59. The van der Waals surface area contributed by atoms with Crippen LogP contribution in [0.1, 0.15) is 35.2 Å². The molecule has 2 bridgehead atoms. The molecule has 29 heavy (non-hydrogen) atoms. The highest BCUT2D eigenvalue weighted by Crippen LogP contribution is 2.41. The lowest BCUT2D eigenvalue weighted by molar-refractivity contribution is -0.137. The number of likely N-dealkylation sites (tertiary alicyclic amines) is 1. The number of aromatic nitrogens is 1. The zero-order chi connectivity index (χ0) is 20.8. The van der Waals surface area contributed by atoms with Gasteiger partial charge >= 0.3 is 6.18 Å². The highest BCUT2D eigenvalue weighted by molar-refractivity contribution is 5.79. The second kappa shape index (κ2) is 7.33. The number of rotatable bonds is 3. The number of carbonyl (C=O) groups excluding carboxylic acids is 1. The Morgan fingerprint density at radius 3 is 2.48 bits per heavy atom. The van der Waals surface area contributed by atoms with E-state index in [2.05, 4.69) is 0 Å². The van der Waals surface area contributed by atoms with E-state index in [0.29, 0.717) is 18.7 Å². The summed E-state index contributed by atoms with van der Waals surface area (Å²) < 4.78 is 39.8. The van der Waals surface area contributed by atoms with E-state index in [1.807, 2.05) is 6.07 Å². The van der Waals surface area contributed by atoms with Gasteiger partial charge in [-0.05, 0) is 30.2 Å². The van der Waals surface area contributed by atoms with Gasteiger partial charge in [-0.25, -0.2) is 0 Å². The monoisotopic (exact) mass is 406 g/mol. The molecule has 0 saturated carbocycles. The molecule has 1 amide bonds. The van der Waals surface area contributed by atoms with Crippen LogP contribution in [0.4, 0.5) is 13.2 Å². The van der Waals surface area contributed by atoms with E-state index in [0.717, 1.165) is 24.2 Å². The minimum absolute atomic E-state index is 0.00186. The molecule has 1 aromatic heterocycles. The summed E-state index contributed by atoms with van der Waals surface area (Å²) in [4.78, 5) is 26.8. The average Bonchev–Trinajstić information content (AvgIpc) is 2.68. The van der Waals surface area contributed by atoms with Crippen molar-refractivity contribution in [2.45, 2.75) is 31.0 Å². The van der Waals surface area contributed by atoms with Crippen LogP contribution in [0.15, 0.2) is 47.3 Å². The van der Waals surface area contributed by atoms with E-state index in [1.54, 1.807) is 15.5 Å². The maximum atomic E-state index is 12.8. The molecule has 1 fully saturated rings. The molecular weight excluding hydrogens is 385 g/mol. The number of hydrogen-bond acceptors (Lipinski definition) is 3. The molecule has 1 N–H and O–H groups in total. The van der Waals surface area contributed by atoms with Crippen LogP contribution in [-0.2, 0) is 17.4 Å². The summed E-state index contributed by atoms with van der Waals surface area (Å²) in [5.74, 6) is -0.201. The molecule has 0 spiro atoms. The maximum absolute atomic E-state index is 12.8. The fourth-order valence-electron chi connectivity index (χ4n) is 4.58. The standard InChI is InChI=1S/C21H21F3N2O3/c22-21(23,24)16-6-4-13(5-7-16)8-20(29)25-10-14-9-15(11-25)18(12-27)26-17(14)2-1-3-19(26)28/h1-7,14-15,18,27H,8-12H2/t14-,15+,18+/m1/s1. The van der Waals surface area contributed by atoms with Crippen molar-refractivity contribution in [2.75, 3.05) is 19.7 Å². The first-order valence-electron chi connectivity index (χ1n) is 9.54. The van der Waals surface area contributed by atoms with Crippen LogP contribution >= 0.6 is 0 Å². The molecule has 3 heterocycles. The van der Waals surface area contributed by atoms with Gasteiger partial charge in [-0.3, -0.25) is 9.59 Å². The predicted molar refractivity (Wildman–Crippen MR) is 99.4 cm³/mol. The number of nitrogens with zero attached hydrogens (tertiary/aromatic N) is 2. The first kappa shape index (κ1) is 19.7. The van der Waals surface area contributed by atoms with Crippen LogP contribution in [-0.4, -0.2) is 40.2 Å². The number of aliphatic hydroxyl groups excluding tert-OH is 1. The molecule has 8 heteroatoms. The molecule has 154 valence electrons. The number of fused-ring (bicyclic) bond motifs is 4. The molecule has 2 aliphatic heterocycles. The van der Waals surface area contributed by atoms with Gasteiger partial charge in [0.05, 0.1) is 24.6 Å². The molecule has 0 radical (unpaired) electrons. The van der Waals surface area contributed by atoms with Crippen LogP contribution < -0.4 is 5.56 Å². The van der Waals surface area contributed by atoms with Crippen LogP contribution in [0.3, 0.4) is 0 Å². The van der Waals surface area contributed by atoms with Gasteiger partial charge in [0.2, 0.25) is 5.91 Å². The number of halogens is 3. The Kier molecular flexibility index (Phi) is 4.98. The van der Waals surface area contributed by atoms with Crippen molar-refractivity contribution in [1.29, 1.82) is 0 Å². The van der Waals surface area contributed by atoms with Gasteiger partial charge in [-0.15, -0.1) is 0 Å². The molecule has 0 aliphatic carbocycles. The van der Waals surface area contributed by atoms with Crippen molar-refractivity contribution < 1.29 is 23.1 Å². The number of amides is 1. The van der Waals surface area contributed by atoms with E-state index in [4.69, 9.17) is 0 Å². The summed E-state index contributed by atoms with van der Waals surface area (Å²) in [6.45, 7) is 0.689. The van der Waals surface area contributed by atoms with Crippen LogP contribution in [0.2, 0.25) is 0 Å². The molecule has 2 aromatic rings. The van der Waals surface area contributed by atoms with Gasteiger partial charge in [0.15, 0.2) is 0 Å². The number of aliphatic hydroxyl groups is 1. The lowest BCUT2D eigenvalue weighted by atomic mass is 9.78.